The number of aliphatic hydroxyl groups is 1. The van der Waals surface area contributed by atoms with Crippen molar-refractivity contribution in [1.82, 2.24) is 25.0 Å². The Labute approximate surface area is 99.4 Å². The molecular weight excluding hydrogens is 222 g/mol. The second-order valence-electron chi connectivity index (χ2n) is 4.21. The Bertz CT molecular complexity index is 367. The normalized spacial score (nSPS) is 23.9. The van der Waals surface area contributed by atoms with Gasteiger partial charge >= 0.3 is 0 Å². The van der Waals surface area contributed by atoms with Crippen LogP contribution < -0.4 is 5.32 Å². The minimum atomic E-state index is -0.477. The summed E-state index contributed by atoms with van der Waals surface area (Å²) >= 11 is 0. The first-order valence-electron chi connectivity index (χ1n) is 5.65. The molecule has 1 aliphatic heterocycles. The second-order valence-corrected chi connectivity index (χ2v) is 4.21. The summed E-state index contributed by atoms with van der Waals surface area (Å²) in [6.07, 6.45) is 2.91. The van der Waals surface area contributed by atoms with Gasteiger partial charge in [-0.05, 0) is 0 Å². The van der Waals surface area contributed by atoms with Gasteiger partial charge in [0.2, 0.25) is 5.91 Å². The first kappa shape index (κ1) is 12.0. The zero-order valence-corrected chi connectivity index (χ0v) is 9.78. The number of aromatic nitrogens is 3. The van der Waals surface area contributed by atoms with Crippen LogP contribution in [0.1, 0.15) is 6.42 Å². The number of hydrogen-bond acceptors (Lipinski definition) is 5. The molecule has 0 unspecified atom stereocenters. The van der Waals surface area contributed by atoms with E-state index in [0.29, 0.717) is 26.1 Å². The van der Waals surface area contributed by atoms with Gasteiger partial charge in [0.1, 0.15) is 12.7 Å². The average Bonchev–Trinajstić information content (AvgIpc) is 2.95. The number of nitrogens with one attached hydrogen (secondary N) is 1. The third kappa shape index (κ3) is 2.80. The van der Waals surface area contributed by atoms with E-state index in [1.807, 2.05) is 0 Å². The van der Waals surface area contributed by atoms with E-state index in [-0.39, 0.29) is 11.9 Å². The lowest BCUT2D eigenvalue weighted by atomic mass is 10.2. The molecule has 0 saturated carbocycles. The van der Waals surface area contributed by atoms with Crippen LogP contribution >= 0.6 is 0 Å². The third-order valence-electron chi connectivity index (χ3n) is 3.06. The summed E-state index contributed by atoms with van der Waals surface area (Å²) < 4.78 is 1.62. The maximum Gasteiger partial charge on any atom is 0.224 e. The Balaban J connectivity index is 1.83. The minimum Gasteiger partial charge on any atom is -0.390 e. The molecular formula is C10H17N5O2. The molecule has 1 saturated heterocycles. The van der Waals surface area contributed by atoms with E-state index in [9.17, 15) is 9.90 Å². The molecule has 1 aromatic heterocycles. The fourth-order valence-corrected chi connectivity index (χ4v) is 1.97. The molecule has 7 heteroatoms. The summed E-state index contributed by atoms with van der Waals surface area (Å²) in [6, 6.07) is -0.127. The Hall–Kier alpha value is -1.47. The van der Waals surface area contributed by atoms with E-state index in [2.05, 4.69) is 15.4 Å². The van der Waals surface area contributed by atoms with Gasteiger partial charge in [-0.2, -0.15) is 5.10 Å². The molecule has 1 fully saturated rings. The lowest BCUT2D eigenvalue weighted by Crippen LogP contribution is -2.44. The molecule has 0 bridgehead atoms. The number of nitrogens with zero attached hydrogens (tertiary/aromatic N) is 4. The maximum absolute atomic E-state index is 11.9. The molecule has 2 rings (SSSR count). The van der Waals surface area contributed by atoms with Crippen molar-refractivity contribution in [3.05, 3.63) is 12.7 Å². The number of amides is 1. The molecule has 94 valence electrons. The van der Waals surface area contributed by atoms with Gasteiger partial charge in [0.15, 0.2) is 0 Å². The van der Waals surface area contributed by atoms with Crippen LogP contribution in [0.5, 0.6) is 0 Å². The molecule has 17 heavy (non-hydrogen) atoms. The molecule has 1 amide bonds. The van der Waals surface area contributed by atoms with Crippen LogP contribution in [0.3, 0.4) is 0 Å². The highest BCUT2D eigenvalue weighted by Crippen LogP contribution is 2.09. The van der Waals surface area contributed by atoms with Crippen molar-refractivity contribution >= 4 is 5.91 Å². The van der Waals surface area contributed by atoms with Gasteiger partial charge in [-0.15, -0.1) is 0 Å². The standard InChI is InChI=1S/C10H17N5O2/c1-14(8-4-11-5-9(8)16)10(17)2-3-15-7-12-6-13-15/h6-9,11,16H,2-5H2,1H3/t8-,9-/m0/s1. The fraction of sp³-hybridized carbons (Fsp3) is 0.700. The number of aliphatic hydroxyl groups excluding tert-OH is 1. The summed E-state index contributed by atoms with van der Waals surface area (Å²) in [5.41, 5.74) is 0. The molecule has 0 radical (unpaired) electrons. The molecule has 1 aliphatic rings. The molecule has 2 atom stereocenters. The van der Waals surface area contributed by atoms with Crippen molar-refractivity contribution in [3.8, 4) is 0 Å². The van der Waals surface area contributed by atoms with E-state index in [0.717, 1.165) is 0 Å². The summed E-state index contributed by atoms with van der Waals surface area (Å²) in [4.78, 5) is 17.3. The van der Waals surface area contributed by atoms with Crippen molar-refractivity contribution in [2.45, 2.75) is 25.1 Å². The maximum atomic E-state index is 11.9. The predicted octanol–water partition coefficient (Wildman–Crippen LogP) is -1.54. The Morgan fingerprint density at radius 1 is 1.65 bits per heavy atom. The monoisotopic (exact) mass is 239 g/mol. The van der Waals surface area contributed by atoms with E-state index >= 15 is 0 Å². The van der Waals surface area contributed by atoms with Crippen LogP contribution in [0.4, 0.5) is 0 Å². The van der Waals surface area contributed by atoms with E-state index < -0.39 is 6.10 Å². The molecule has 0 aliphatic carbocycles. The zero-order valence-electron chi connectivity index (χ0n) is 9.78. The fourth-order valence-electron chi connectivity index (χ4n) is 1.97. The molecule has 7 nitrogen and oxygen atoms in total. The second kappa shape index (κ2) is 5.24. The summed E-state index contributed by atoms with van der Waals surface area (Å²) in [6.45, 7) is 1.71. The van der Waals surface area contributed by atoms with Crippen molar-refractivity contribution in [2.24, 2.45) is 0 Å². The first-order valence-corrected chi connectivity index (χ1v) is 5.65. The Morgan fingerprint density at radius 2 is 2.47 bits per heavy atom. The highest BCUT2D eigenvalue weighted by Gasteiger charge is 2.30. The number of hydrogen-bond donors (Lipinski definition) is 2. The lowest BCUT2D eigenvalue weighted by Gasteiger charge is -2.26. The quantitative estimate of drug-likeness (QED) is 0.665. The summed E-state index contributed by atoms with van der Waals surface area (Å²) in [7, 11) is 1.73. The number of likely N-dealkylation sites (N-methyl/N-ethyl adjacent to an activating group) is 1. The molecule has 2 N–H and O–H groups in total. The third-order valence-corrected chi connectivity index (χ3v) is 3.06. The summed E-state index contributed by atoms with van der Waals surface area (Å²) in [5.74, 6) is 0.00764. The SMILES string of the molecule is CN(C(=O)CCn1cncn1)[C@H]1CNC[C@@H]1O. The van der Waals surface area contributed by atoms with Crippen molar-refractivity contribution < 1.29 is 9.90 Å². The van der Waals surface area contributed by atoms with Crippen molar-refractivity contribution in [2.75, 3.05) is 20.1 Å². The number of β-amino-alcohol motifs (C(OH)–C–C–N with tert-alkyl or cyclic N) is 1. The van der Waals surface area contributed by atoms with Crippen LogP contribution in [0.15, 0.2) is 12.7 Å². The molecule has 0 spiro atoms. The van der Waals surface area contributed by atoms with E-state index in [1.54, 1.807) is 23.0 Å². The average molecular weight is 239 g/mol. The molecule has 1 aromatic rings. The van der Waals surface area contributed by atoms with Crippen LogP contribution in [-0.2, 0) is 11.3 Å². The Morgan fingerprint density at radius 3 is 3.06 bits per heavy atom. The van der Waals surface area contributed by atoms with Gasteiger partial charge in [-0.3, -0.25) is 9.48 Å². The smallest absolute Gasteiger partial charge is 0.224 e. The lowest BCUT2D eigenvalue weighted by molar-refractivity contribution is -0.133. The van der Waals surface area contributed by atoms with Gasteiger partial charge < -0.3 is 15.3 Å². The van der Waals surface area contributed by atoms with Crippen molar-refractivity contribution in [3.63, 3.8) is 0 Å². The molecule has 2 heterocycles. The van der Waals surface area contributed by atoms with Crippen LogP contribution in [0.2, 0.25) is 0 Å². The van der Waals surface area contributed by atoms with E-state index in [4.69, 9.17) is 0 Å². The van der Waals surface area contributed by atoms with Crippen LogP contribution in [0, 0.1) is 0 Å². The highest BCUT2D eigenvalue weighted by atomic mass is 16.3. The number of rotatable bonds is 4. The van der Waals surface area contributed by atoms with Crippen LogP contribution in [-0.4, -0.2) is 63.0 Å². The first-order chi connectivity index (χ1) is 8.18. The van der Waals surface area contributed by atoms with Gasteiger partial charge in [0.05, 0.1) is 18.7 Å². The van der Waals surface area contributed by atoms with Crippen LogP contribution in [0.25, 0.3) is 0 Å². The van der Waals surface area contributed by atoms with Gasteiger partial charge in [-0.1, -0.05) is 0 Å². The Kier molecular flexibility index (Phi) is 3.70. The zero-order chi connectivity index (χ0) is 12.3. The number of aryl methyl sites for hydroxylation is 1. The highest BCUT2D eigenvalue weighted by molar-refractivity contribution is 5.76. The number of carbonyl (C=O) groups is 1. The van der Waals surface area contributed by atoms with Gasteiger partial charge in [-0.25, -0.2) is 4.98 Å². The largest absolute Gasteiger partial charge is 0.390 e. The topological polar surface area (TPSA) is 83.3 Å². The van der Waals surface area contributed by atoms with Crippen molar-refractivity contribution in [1.29, 1.82) is 0 Å². The molecule has 0 aromatic carbocycles. The predicted molar refractivity (Wildman–Crippen MR) is 60.1 cm³/mol. The van der Waals surface area contributed by atoms with Gasteiger partial charge in [0.25, 0.3) is 0 Å². The minimum absolute atomic E-state index is 0.00764. The summed E-state index contributed by atoms with van der Waals surface area (Å²) in [5, 5.41) is 16.7. The van der Waals surface area contributed by atoms with E-state index in [1.165, 1.54) is 6.33 Å². The number of carbonyl (C=O) groups excluding carboxylic acids is 1. The van der Waals surface area contributed by atoms with Gasteiger partial charge in [0, 0.05) is 26.6 Å².